The molecule has 1 saturated heterocycles. The Morgan fingerprint density at radius 1 is 1.12 bits per heavy atom. The molecule has 2 aromatic rings. The Hall–Kier alpha value is -1.69. The van der Waals surface area contributed by atoms with E-state index < -0.39 is 0 Å². The molecule has 0 aliphatic carbocycles. The average Bonchev–Trinajstić information content (AvgIpc) is 2.97. The topological polar surface area (TPSA) is 36.3 Å². The molecule has 5 heteroatoms. The van der Waals surface area contributed by atoms with Gasteiger partial charge in [0.25, 0.3) is 0 Å². The molecule has 2 aliphatic heterocycles. The van der Waals surface area contributed by atoms with Crippen LogP contribution in [0.2, 0.25) is 0 Å². The third-order valence-electron chi connectivity index (χ3n) is 5.38. The molecule has 24 heavy (non-hydrogen) atoms. The molecular weight excluding hydrogens is 298 g/mol. The molecule has 1 aromatic heterocycles. The quantitative estimate of drug-likeness (QED) is 0.925. The molecule has 2 aliphatic rings. The lowest BCUT2D eigenvalue weighted by Gasteiger charge is -2.32. The number of nitrogens with one attached hydrogen (secondary N) is 1. The van der Waals surface area contributed by atoms with Gasteiger partial charge in [-0.05, 0) is 30.7 Å². The van der Waals surface area contributed by atoms with Gasteiger partial charge < -0.3 is 10.2 Å². The number of benzene rings is 1. The molecule has 128 valence electrons. The number of hydrogen-bond acceptors (Lipinski definition) is 4. The van der Waals surface area contributed by atoms with Crippen molar-refractivity contribution in [2.45, 2.75) is 19.0 Å². The Bertz CT molecular complexity index is 700. The highest BCUT2D eigenvalue weighted by Crippen LogP contribution is 2.28. The fraction of sp³-hybridized carbons (Fsp3) is 0.526. The molecule has 1 fully saturated rings. The van der Waals surface area contributed by atoms with Crippen LogP contribution < -0.4 is 5.32 Å². The van der Waals surface area contributed by atoms with E-state index in [2.05, 4.69) is 64.2 Å². The monoisotopic (exact) mass is 325 g/mol. The summed E-state index contributed by atoms with van der Waals surface area (Å²) in [6.45, 7) is 6.60. The van der Waals surface area contributed by atoms with E-state index in [0.717, 1.165) is 51.4 Å². The average molecular weight is 325 g/mol. The molecule has 0 bridgehead atoms. The van der Waals surface area contributed by atoms with Gasteiger partial charge in [0.1, 0.15) is 0 Å². The summed E-state index contributed by atoms with van der Waals surface area (Å²) in [6, 6.07) is 11.3. The van der Waals surface area contributed by atoms with Crippen molar-refractivity contribution in [2.24, 2.45) is 7.05 Å². The van der Waals surface area contributed by atoms with Crippen molar-refractivity contribution >= 4 is 0 Å². The van der Waals surface area contributed by atoms with Crippen LogP contribution in [0, 0.1) is 0 Å². The summed E-state index contributed by atoms with van der Waals surface area (Å²) in [5.74, 6) is 0. The molecule has 1 atom stereocenters. The van der Waals surface area contributed by atoms with Crippen LogP contribution in [0.3, 0.4) is 0 Å². The second-order valence-electron chi connectivity index (χ2n) is 7.10. The number of fused-ring (bicyclic) bond motifs is 1. The molecular formula is C19H27N5. The van der Waals surface area contributed by atoms with E-state index in [-0.39, 0.29) is 6.04 Å². The zero-order valence-electron chi connectivity index (χ0n) is 14.7. The zero-order valence-corrected chi connectivity index (χ0v) is 14.7. The van der Waals surface area contributed by atoms with Crippen LogP contribution in [0.15, 0.2) is 30.3 Å². The highest BCUT2D eigenvalue weighted by molar-refractivity contribution is 5.37. The number of hydrogen-bond donors (Lipinski definition) is 1. The molecule has 0 amide bonds. The van der Waals surface area contributed by atoms with E-state index in [4.69, 9.17) is 5.10 Å². The molecule has 1 unspecified atom stereocenters. The van der Waals surface area contributed by atoms with Gasteiger partial charge in [-0.1, -0.05) is 24.3 Å². The first-order valence-corrected chi connectivity index (χ1v) is 8.95. The van der Waals surface area contributed by atoms with E-state index in [1.54, 1.807) is 0 Å². The first-order chi connectivity index (χ1) is 11.7. The smallest absolute Gasteiger partial charge is 0.0842 e. The van der Waals surface area contributed by atoms with E-state index in [1.165, 1.54) is 16.8 Å². The first-order valence-electron chi connectivity index (χ1n) is 8.95. The predicted molar refractivity (Wildman–Crippen MR) is 96.0 cm³/mol. The van der Waals surface area contributed by atoms with Gasteiger partial charge in [0.2, 0.25) is 0 Å². The second kappa shape index (κ2) is 6.67. The maximum atomic E-state index is 4.83. The van der Waals surface area contributed by atoms with Crippen molar-refractivity contribution in [1.29, 1.82) is 0 Å². The van der Waals surface area contributed by atoms with Crippen molar-refractivity contribution < 1.29 is 0 Å². The highest BCUT2D eigenvalue weighted by atomic mass is 15.3. The third-order valence-corrected chi connectivity index (χ3v) is 5.38. The van der Waals surface area contributed by atoms with Crippen LogP contribution in [0.4, 0.5) is 0 Å². The van der Waals surface area contributed by atoms with Gasteiger partial charge in [0.15, 0.2) is 0 Å². The van der Waals surface area contributed by atoms with Crippen LogP contribution in [0.25, 0.3) is 0 Å². The molecule has 0 saturated carbocycles. The van der Waals surface area contributed by atoms with Crippen molar-refractivity contribution in [2.75, 3.05) is 39.8 Å². The van der Waals surface area contributed by atoms with Crippen LogP contribution in [-0.2, 0) is 20.0 Å². The molecule has 1 N–H and O–H groups in total. The number of likely N-dealkylation sites (N-methyl/N-ethyl adjacent to an activating group) is 1. The summed E-state index contributed by atoms with van der Waals surface area (Å²) in [7, 11) is 4.27. The third kappa shape index (κ3) is 3.11. The van der Waals surface area contributed by atoms with E-state index in [0.29, 0.717) is 0 Å². The molecule has 1 aromatic carbocycles. The number of nitrogens with zero attached hydrogens (tertiary/aromatic N) is 4. The Balaban J connectivity index is 1.54. The van der Waals surface area contributed by atoms with E-state index in [1.807, 2.05) is 0 Å². The summed E-state index contributed by atoms with van der Waals surface area (Å²) in [5, 5.41) is 8.48. The van der Waals surface area contributed by atoms with Gasteiger partial charge in [-0.2, -0.15) is 5.10 Å². The fourth-order valence-corrected chi connectivity index (χ4v) is 3.82. The molecule has 5 nitrogen and oxygen atoms in total. The maximum Gasteiger partial charge on any atom is 0.0842 e. The normalized spacial score (nSPS) is 22.5. The SMILES string of the molecule is CN1CCN(Cc2cc(C3NCCc4ccccc43)nn2C)CC1. The van der Waals surface area contributed by atoms with Crippen LogP contribution in [0.5, 0.6) is 0 Å². The van der Waals surface area contributed by atoms with Gasteiger partial charge >= 0.3 is 0 Å². The van der Waals surface area contributed by atoms with Crippen molar-refractivity contribution in [3.8, 4) is 0 Å². The summed E-state index contributed by atoms with van der Waals surface area (Å²) in [6.07, 6.45) is 1.10. The van der Waals surface area contributed by atoms with Gasteiger partial charge in [0, 0.05) is 46.3 Å². The van der Waals surface area contributed by atoms with E-state index in [9.17, 15) is 0 Å². The standard InChI is InChI=1S/C19H27N5/c1-22-9-11-24(12-10-22)14-16-13-18(21-23(16)2)19-17-6-4-3-5-15(17)7-8-20-19/h3-6,13,19-20H,7-12,14H2,1-2H3. The van der Waals surface area contributed by atoms with Crippen molar-refractivity contribution in [3.63, 3.8) is 0 Å². The molecule has 0 radical (unpaired) electrons. The number of piperazine rings is 1. The Kier molecular flexibility index (Phi) is 4.39. The van der Waals surface area contributed by atoms with Crippen LogP contribution in [0.1, 0.15) is 28.6 Å². The van der Waals surface area contributed by atoms with Gasteiger partial charge in [-0.25, -0.2) is 0 Å². The minimum atomic E-state index is 0.224. The zero-order chi connectivity index (χ0) is 16.5. The largest absolute Gasteiger partial charge is 0.305 e. The lowest BCUT2D eigenvalue weighted by atomic mass is 9.92. The minimum Gasteiger partial charge on any atom is -0.305 e. The predicted octanol–water partition coefficient (Wildman–Crippen LogP) is 1.40. The number of aryl methyl sites for hydroxylation is 1. The number of rotatable bonds is 3. The van der Waals surface area contributed by atoms with Crippen LogP contribution >= 0.6 is 0 Å². The van der Waals surface area contributed by atoms with Crippen molar-refractivity contribution in [3.05, 3.63) is 52.8 Å². The second-order valence-corrected chi connectivity index (χ2v) is 7.10. The van der Waals surface area contributed by atoms with Crippen molar-refractivity contribution in [1.82, 2.24) is 24.9 Å². The highest BCUT2D eigenvalue weighted by Gasteiger charge is 2.24. The summed E-state index contributed by atoms with van der Waals surface area (Å²) in [5.41, 5.74) is 5.29. The fourth-order valence-electron chi connectivity index (χ4n) is 3.82. The van der Waals surface area contributed by atoms with E-state index >= 15 is 0 Å². The van der Waals surface area contributed by atoms with Gasteiger partial charge in [-0.15, -0.1) is 0 Å². The minimum absolute atomic E-state index is 0.224. The molecule has 3 heterocycles. The Morgan fingerprint density at radius 3 is 2.75 bits per heavy atom. The molecule has 4 rings (SSSR count). The Morgan fingerprint density at radius 2 is 1.92 bits per heavy atom. The Labute approximate surface area is 144 Å². The van der Waals surface area contributed by atoms with Crippen LogP contribution in [-0.4, -0.2) is 59.4 Å². The molecule has 0 spiro atoms. The number of aromatic nitrogens is 2. The summed E-state index contributed by atoms with van der Waals surface area (Å²) >= 11 is 0. The first kappa shape index (κ1) is 15.8. The summed E-state index contributed by atoms with van der Waals surface area (Å²) < 4.78 is 2.06. The van der Waals surface area contributed by atoms with Gasteiger partial charge in [-0.3, -0.25) is 9.58 Å². The lowest BCUT2D eigenvalue weighted by molar-refractivity contribution is 0.145. The maximum absolute atomic E-state index is 4.83. The summed E-state index contributed by atoms with van der Waals surface area (Å²) in [4.78, 5) is 4.93. The van der Waals surface area contributed by atoms with Gasteiger partial charge in [0.05, 0.1) is 17.4 Å². The lowest BCUT2D eigenvalue weighted by Crippen LogP contribution is -2.44.